The molecule has 0 aliphatic heterocycles. The minimum absolute atomic E-state index is 0.00461. The number of carbonyl (C=O) groups excluding carboxylic acids is 6. The van der Waals surface area contributed by atoms with Gasteiger partial charge < -0.3 is 62.6 Å². The molecule has 26 nitrogen and oxygen atoms in total. The van der Waals surface area contributed by atoms with Crippen LogP contribution in [0.3, 0.4) is 0 Å². The van der Waals surface area contributed by atoms with Crippen LogP contribution in [0.1, 0.15) is 96.3 Å². The van der Waals surface area contributed by atoms with Gasteiger partial charge in [-0.3, -0.25) is 24.1 Å². The van der Waals surface area contributed by atoms with Crippen molar-refractivity contribution in [3.05, 3.63) is 395 Å². The van der Waals surface area contributed by atoms with Crippen LogP contribution >= 0.6 is 11.6 Å². The average molecular weight is 1910 g/mol. The lowest BCUT2D eigenvalue weighted by molar-refractivity contribution is 0.0592. The fourth-order valence-electron chi connectivity index (χ4n) is 12.8. The van der Waals surface area contributed by atoms with Gasteiger partial charge in [0.25, 0.3) is 30.1 Å². The molecule has 702 valence electrons. The second-order valence-corrected chi connectivity index (χ2v) is 29.9. The fourth-order valence-corrected chi connectivity index (χ4v) is 12.9. The summed E-state index contributed by atoms with van der Waals surface area (Å²) in [6.45, 7) is 6.31. The number of Topliss-reactive ketones (excluding diaryl/α,β-unsaturated/α-hetero) is 4. The molecule has 0 aliphatic carbocycles. The molecule has 0 saturated heterocycles. The van der Waals surface area contributed by atoms with Crippen molar-refractivity contribution in [2.24, 2.45) is 0 Å². The van der Waals surface area contributed by atoms with Gasteiger partial charge in [-0.15, -0.1) is 0 Å². The Morgan fingerprint density at radius 1 is 0.345 bits per heavy atom. The summed E-state index contributed by atoms with van der Waals surface area (Å²) in [6.07, 6.45) is 9.39. The molecule has 0 bridgehead atoms. The Balaban J connectivity index is 0.000000141. The maximum absolute atomic E-state index is 13.7. The predicted octanol–water partition coefficient (Wildman–Crippen LogP) is 27.1. The van der Waals surface area contributed by atoms with Crippen molar-refractivity contribution < 1.29 is 99.9 Å². The molecule has 6 heterocycles. The Morgan fingerprint density at radius 2 is 0.777 bits per heavy atom. The number of hydrogen-bond donors (Lipinski definition) is 5. The minimum atomic E-state index is -1.01. The molecule has 0 atom stereocenters. The van der Waals surface area contributed by atoms with Gasteiger partial charge in [0.2, 0.25) is 0 Å². The van der Waals surface area contributed by atoms with Gasteiger partial charge in [-0.1, -0.05) is 152 Å². The standard InChI is InChI=1S/C18H14F2N2O2.C18H15FN2O2.C17H13ClN2O2.C17H12F2N2O3.C17H12F2N2O2.C17H13FN2O3/c1-2-16(23)12-5-3-4-6-13(12)17-10-21-18(24-17)22-15-9-11(19)7-8-14(15)20;1-12(22)13-4-3-5-14(10-13)17-11-20-18(23-17)21(2)16-8-6-15(19)7-9-16;1-11(21)12-3-2-4-13(9-12)16-10-19-17(22-16)20-15-7-5-14(18)6-8-15;1-23-16(22)11-7-5-10(6-8-11)14-9-20-17(24-14)21-13-4-2-3-12(18)15(13)19;1-10(22)11-5-7-12(8-6-11)15-9-20-17(23-15)21-16-13(18)3-2-4-14(16)19;1-22-16(21)14-8-3-2-7-13(14)15-10-19-17(23-15)20-12-6-4-5-11(18)9-12/h3-10H,2H2,1H3,(H,21,22);3-11H,1-2H3;2-10H,1H3,(H,19,20);2-9H,1H3,(H,20,21);2-9H,1H3,(H,20,21);2-10H,1H3,(H,19,20). The summed E-state index contributed by atoms with van der Waals surface area (Å²) in [5.41, 5.74) is 8.90. The molecule has 0 spiro atoms. The number of nitrogens with one attached hydrogen (secondary N) is 5. The van der Waals surface area contributed by atoms with Gasteiger partial charge in [0.05, 0.1) is 73.9 Å². The summed E-state index contributed by atoms with van der Waals surface area (Å²) >= 11 is 5.84. The topological polar surface area (TPSA) is 340 Å². The molecule has 0 radical (unpaired) electrons. The number of para-hydroxylation sites is 1. The zero-order valence-corrected chi connectivity index (χ0v) is 75.2. The highest BCUT2D eigenvalue weighted by Gasteiger charge is 2.22. The predicted molar refractivity (Wildman–Crippen MR) is 507 cm³/mol. The van der Waals surface area contributed by atoms with E-state index in [2.05, 4.69) is 61.2 Å². The minimum Gasteiger partial charge on any atom is -0.465 e. The average Bonchev–Trinajstić information content (AvgIpc) is 1.71. The zero-order chi connectivity index (χ0) is 98.8. The first kappa shape index (κ1) is 98.6. The van der Waals surface area contributed by atoms with E-state index in [4.69, 9.17) is 42.8 Å². The molecule has 12 aromatic carbocycles. The first-order valence-corrected chi connectivity index (χ1v) is 42.2. The van der Waals surface area contributed by atoms with Gasteiger partial charge in [-0.2, -0.15) is 0 Å². The molecule has 139 heavy (non-hydrogen) atoms. The van der Waals surface area contributed by atoms with Crippen LogP contribution in [0.15, 0.2) is 337 Å². The summed E-state index contributed by atoms with van der Waals surface area (Å²) in [7, 11) is 4.40. The van der Waals surface area contributed by atoms with E-state index in [0.717, 1.165) is 58.9 Å². The summed E-state index contributed by atoms with van der Waals surface area (Å²) in [5.74, 6) is -3.51. The van der Waals surface area contributed by atoms with E-state index in [-0.39, 0.29) is 75.9 Å². The van der Waals surface area contributed by atoms with Gasteiger partial charge in [0.15, 0.2) is 69.3 Å². The summed E-state index contributed by atoms with van der Waals surface area (Å²) in [6, 6.07) is 72.1. The number of ketones is 4. The number of anilines is 12. The van der Waals surface area contributed by atoms with Crippen molar-refractivity contribution in [3.8, 4) is 67.9 Å². The van der Waals surface area contributed by atoms with Crippen LogP contribution in [0, 0.1) is 46.5 Å². The van der Waals surface area contributed by atoms with E-state index in [1.54, 1.807) is 195 Å². The molecule has 0 amide bonds. The fraction of sp³-hybridized carbons (Fsp3) is 0.0769. The van der Waals surface area contributed by atoms with E-state index in [9.17, 15) is 63.9 Å². The third kappa shape index (κ3) is 26.5. The Hall–Kier alpha value is -18.0. The number of methoxy groups -OCH3 is 2. The molecule has 18 aromatic rings. The van der Waals surface area contributed by atoms with Gasteiger partial charge in [0.1, 0.15) is 40.6 Å². The zero-order valence-electron chi connectivity index (χ0n) is 74.4. The van der Waals surface area contributed by atoms with Crippen LogP contribution in [-0.4, -0.2) is 86.2 Å². The van der Waals surface area contributed by atoms with Crippen LogP contribution in [-0.2, 0) is 9.47 Å². The van der Waals surface area contributed by atoms with Crippen LogP contribution in [0.4, 0.5) is 105 Å². The van der Waals surface area contributed by atoms with Crippen LogP contribution in [0.5, 0.6) is 0 Å². The Labute approximate surface area is 792 Å². The number of ether oxygens (including phenoxy) is 2. The molecule has 0 fully saturated rings. The van der Waals surface area contributed by atoms with Crippen LogP contribution in [0.2, 0.25) is 5.02 Å². The highest BCUT2D eigenvalue weighted by Crippen LogP contribution is 2.36. The van der Waals surface area contributed by atoms with E-state index in [1.807, 2.05) is 30.3 Å². The lowest BCUT2D eigenvalue weighted by atomic mass is 10.0. The number of esters is 2. The number of benzene rings is 12. The first-order valence-electron chi connectivity index (χ1n) is 41.8. The number of carbonyl (C=O) groups is 6. The maximum atomic E-state index is 13.7. The van der Waals surface area contributed by atoms with Gasteiger partial charge in [0, 0.05) is 97.3 Å². The summed E-state index contributed by atoms with van der Waals surface area (Å²) in [5, 5.41) is 14.2. The number of oxazole rings is 6. The SMILES string of the molecule is CC(=O)c1ccc(-c2cnc(Nc3c(F)cccc3F)o2)cc1.CC(=O)c1cccc(-c2cnc(N(C)c3ccc(F)cc3)o2)c1.CC(=O)c1cccc(-c2cnc(Nc3ccc(Cl)cc3)o2)c1.CCC(=O)c1ccccc1-c1cnc(Nc2cc(F)ccc2F)o1.COC(=O)c1ccc(-c2cnc(Nc3cccc(F)c3F)o2)cc1.COC(=O)c1ccccc1-c1cnc(Nc2cccc(F)c2)o1. The van der Waals surface area contributed by atoms with Gasteiger partial charge >= 0.3 is 18.0 Å². The van der Waals surface area contributed by atoms with E-state index >= 15 is 0 Å². The van der Waals surface area contributed by atoms with Crippen LogP contribution < -0.4 is 31.5 Å². The van der Waals surface area contributed by atoms with Crippen LogP contribution in [0.25, 0.3) is 67.9 Å². The smallest absolute Gasteiger partial charge is 0.338 e. The molecule has 18 rings (SSSR count). The second-order valence-electron chi connectivity index (χ2n) is 29.5. The Kier molecular flexibility index (Phi) is 33.0. The number of rotatable bonds is 25. The number of nitrogens with zero attached hydrogens (tertiary/aromatic N) is 7. The Morgan fingerprint density at radius 3 is 1.32 bits per heavy atom. The number of halogens is 9. The van der Waals surface area contributed by atoms with E-state index < -0.39 is 46.8 Å². The van der Waals surface area contributed by atoms with Crippen molar-refractivity contribution in [1.82, 2.24) is 29.9 Å². The second kappa shape index (κ2) is 46.6. The quantitative estimate of drug-likeness (QED) is 0.0202. The molecule has 5 N–H and O–H groups in total. The number of hydrogen-bond acceptors (Lipinski definition) is 26. The van der Waals surface area contributed by atoms with Crippen molar-refractivity contribution in [2.75, 3.05) is 52.8 Å². The van der Waals surface area contributed by atoms with Gasteiger partial charge in [-0.05, 0) is 154 Å². The molecule has 0 saturated carbocycles. The first-order chi connectivity index (χ1) is 67.0. The normalized spacial score (nSPS) is 10.5. The highest BCUT2D eigenvalue weighted by molar-refractivity contribution is 6.30. The van der Waals surface area contributed by atoms with E-state index in [1.165, 1.54) is 102 Å². The van der Waals surface area contributed by atoms with Crippen molar-refractivity contribution in [1.29, 1.82) is 0 Å². The molecular formula is C104H79ClF8N12O14. The monoisotopic (exact) mass is 1910 g/mol. The third-order valence-corrected chi connectivity index (χ3v) is 20.2. The molecule has 35 heteroatoms. The molecule has 6 aromatic heterocycles. The molecule has 0 aliphatic rings. The number of aromatic nitrogens is 6. The third-order valence-electron chi connectivity index (χ3n) is 19.9. The lowest BCUT2D eigenvalue weighted by Gasteiger charge is -2.14. The van der Waals surface area contributed by atoms with Crippen molar-refractivity contribution in [3.63, 3.8) is 0 Å². The van der Waals surface area contributed by atoms with Crippen molar-refractivity contribution in [2.45, 2.75) is 34.1 Å². The summed E-state index contributed by atoms with van der Waals surface area (Å²) in [4.78, 5) is 95.5. The maximum Gasteiger partial charge on any atom is 0.338 e. The Bertz CT molecular complexity index is 7340. The van der Waals surface area contributed by atoms with Gasteiger partial charge in [-0.25, -0.2) is 74.6 Å². The largest absolute Gasteiger partial charge is 0.465 e. The lowest BCUT2D eigenvalue weighted by Crippen LogP contribution is -2.09. The van der Waals surface area contributed by atoms with E-state index in [0.29, 0.717) is 119 Å². The highest BCUT2D eigenvalue weighted by atomic mass is 35.5. The molecule has 0 unspecified atom stereocenters. The molecular weight excluding hydrogens is 1830 g/mol. The summed E-state index contributed by atoms with van der Waals surface area (Å²) < 4.78 is 150. The van der Waals surface area contributed by atoms with Crippen molar-refractivity contribution >= 4 is 117 Å².